The molecule has 2 saturated carbocycles. The van der Waals surface area contributed by atoms with Crippen molar-refractivity contribution in [2.45, 2.75) is 45.3 Å². The van der Waals surface area contributed by atoms with E-state index in [1.54, 1.807) is 0 Å². The second-order valence-electron chi connectivity index (χ2n) is 5.62. The molecule has 0 aromatic heterocycles. The van der Waals surface area contributed by atoms with Crippen LogP contribution in [0.1, 0.15) is 33.6 Å². The normalized spacial score (nSPS) is 56.2. The lowest BCUT2D eigenvalue weighted by atomic mass is 9.72. The molecule has 3 fully saturated rings. The Bertz CT molecular complexity index is 327. The van der Waals surface area contributed by atoms with E-state index in [1.807, 2.05) is 6.92 Å². The average Bonchev–Trinajstić information content (AvgIpc) is 2.66. The van der Waals surface area contributed by atoms with Crippen LogP contribution in [-0.2, 0) is 14.3 Å². The van der Waals surface area contributed by atoms with Gasteiger partial charge in [-0.1, -0.05) is 13.8 Å². The van der Waals surface area contributed by atoms with Gasteiger partial charge in [0.15, 0.2) is 5.60 Å². The molecule has 0 amide bonds. The molecular formula is C12H18O3. The summed E-state index contributed by atoms with van der Waals surface area (Å²) in [6.45, 7) is 7.03. The van der Waals surface area contributed by atoms with E-state index in [0.717, 1.165) is 12.8 Å². The zero-order chi connectivity index (χ0) is 10.8. The van der Waals surface area contributed by atoms with Crippen LogP contribution in [0.3, 0.4) is 0 Å². The summed E-state index contributed by atoms with van der Waals surface area (Å²) in [4.78, 5) is 11.9. The molecule has 2 bridgehead atoms. The highest BCUT2D eigenvalue weighted by atomic mass is 16.6. The van der Waals surface area contributed by atoms with Crippen molar-refractivity contribution in [2.24, 2.45) is 17.3 Å². The summed E-state index contributed by atoms with van der Waals surface area (Å²) in [5, 5.41) is 0. The first-order valence-corrected chi connectivity index (χ1v) is 5.88. The number of esters is 1. The molecule has 0 radical (unpaired) electrons. The molecule has 1 saturated heterocycles. The quantitative estimate of drug-likeness (QED) is 0.651. The van der Waals surface area contributed by atoms with E-state index in [-0.39, 0.29) is 17.5 Å². The van der Waals surface area contributed by atoms with Crippen LogP contribution in [0.4, 0.5) is 0 Å². The Labute approximate surface area is 90.1 Å². The van der Waals surface area contributed by atoms with Gasteiger partial charge in [0.1, 0.15) is 6.10 Å². The molecule has 5 atom stereocenters. The molecule has 3 aliphatic rings. The van der Waals surface area contributed by atoms with Gasteiger partial charge in [-0.25, -0.2) is 4.79 Å². The standard InChI is InChI=1S/C12H18O3/c1-4-14-12-6-11(3)5-8(12)9(7(11)2)15-10(12)13/h7-9H,4-6H2,1-3H3. The minimum absolute atomic E-state index is 0.104. The first kappa shape index (κ1) is 9.64. The Morgan fingerprint density at radius 1 is 1.60 bits per heavy atom. The Morgan fingerprint density at radius 3 is 2.93 bits per heavy atom. The zero-order valence-electron chi connectivity index (χ0n) is 9.58. The van der Waals surface area contributed by atoms with Gasteiger partial charge < -0.3 is 9.47 Å². The van der Waals surface area contributed by atoms with Crippen molar-refractivity contribution in [1.82, 2.24) is 0 Å². The van der Waals surface area contributed by atoms with Gasteiger partial charge >= 0.3 is 5.97 Å². The number of carbonyl (C=O) groups excluding carboxylic acids is 1. The smallest absolute Gasteiger partial charge is 0.339 e. The van der Waals surface area contributed by atoms with Gasteiger partial charge in [-0.15, -0.1) is 0 Å². The molecule has 0 aromatic rings. The van der Waals surface area contributed by atoms with E-state index in [1.165, 1.54) is 0 Å². The maximum atomic E-state index is 11.9. The van der Waals surface area contributed by atoms with E-state index < -0.39 is 5.60 Å². The molecule has 3 heteroatoms. The van der Waals surface area contributed by atoms with Crippen LogP contribution < -0.4 is 0 Å². The van der Waals surface area contributed by atoms with Crippen LogP contribution in [0.15, 0.2) is 0 Å². The Kier molecular flexibility index (Phi) is 1.65. The van der Waals surface area contributed by atoms with Crippen LogP contribution in [0.5, 0.6) is 0 Å². The van der Waals surface area contributed by atoms with E-state index in [0.29, 0.717) is 18.4 Å². The van der Waals surface area contributed by atoms with Gasteiger partial charge in [-0.3, -0.25) is 0 Å². The predicted molar refractivity (Wildman–Crippen MR) is 54.2 cm³/mol. The largest absolute Gasteiger partial charge is 0.459 e. The molecule has 0 N–H and O–H groups in total. The number of hydrogen-bond donors (Lipinski definition) is 0. The minimum Gasteiger partial charge on any atom is -0.459 e. The Hall–Kier alpha value is -0.570. The van der Waals surface area contributed by atoms with Crippen molar-refractivity contribution in [3.8, 4) is 0 Å². The van der Waals surface area contributed by atoms with E-state index in [9.17, 15) is 4.79 Å². The molecule has 5 unspecified atom stereocenters. The molecular weight excluding hydrogens is 192 g/mol. The summed E-state index contributed by atoms with van der Waals surface area (Å²) in [5.41, 5.74) is -0.336. The molecule has 3 nitrogen and oxygen atoms in total. The molecule has 1 aliphatic heterocycles. The monoisotopic (exact) mass is 210 g/mol. The predicted octanol–water partition coefficient (Wildman–Crippen LogP) is 1.75. The number of carbonyl (C=O) groups is 1. The third-order valence-electron chi connectivity index (χ3n) is 4.93. The summed E-state index contributed by atoms with van der Waals surface area (Å²) >= 11 is 0. The highest BCUT2D eigenvalue weighted by molar-refractivity contribution is 5.84. The van der Waals surface area contributed by atoms with Crippen molar-refractivity contribution < 1.29 is 14.3 Å². The fourth-order valence-electron chi connectivity index (χ4n) is 4.05. The van der Waals surface area contributed by atoms with Gasteiger partial charge in [0, 0.05) is 12.5 Å². The second kappa shape index (κ2) is 2.57. The Morgan fingerprint density at radius 2 is 2.33 bits per heavy atom. The van der Waals surface area contributed by atoms with Gasteiger partial charge in [0.25, 0.3) is 0 Å². The van der Waals surface area contributed by atoms with Crippen LogP contribution in [0.2, 0.25) is 0 Å². The van der Waals surface area contributed by atoms with Crippen molar-refractivity contribution in [1.29, 1.82) is 0 Å². The van der Waals surface area contributed by atoms with E-state index in [4.69, 9.17) is 9.47 Å². The third kappa shape index (κ3) is 0.889. The summed E-state index contributed by atoms with van der Waals surface area (Å²) < 4.78 is 11.3. The molecule has 3 rings (SSSR count). The first-order valence-electron chi connectivity index (χ1n) is 5.88. The van der Waals surface area contributed by atoms with E-state index in [2.05, 4.69) is 13.8 Å². The molecule has 0 aromatic carbocycles. The maximum Gasteiger partial charge on any atom is 0.339 e. The van der Waals surface area contributed by atoms with Crippen molar-refractivity contribution in [3.63, 3.8) is 0 Å². The maximum absolute atomic E-state index is 11.9. The lowest BCUT2D eigenvalue weighted by molar-refractivity contribution is -0.159. The molecule has 1 heterocycles. The molecule has 15 heavy (non-hydrogen) atoms. The lowest BCUT2D eigenvalue weighted by Gasteiger charge is -2.35. The summed E-state index contributed by atoms with van der Waals surface area (Å²) in [7, 11) is 0. The first-order chi connectivity index (χ1) is 7.03. The van der Waals surface area contributed by atoms with Crippen LogP contribution in [0.25, 0.3) is 0 Å². The molecule has 0 spiro atoms. The average molecular weight is 210 g/mol. The molecule has 2 aliphatic carbocycles. The summed E-state index contributed by atoms with van der Waals surface area (Å²) in [5.74, 6) is 0.694. The van der Waals surface area contributed by atoms with Gasteiger partial charge in [-0.2, -0.15) is 0 Å². The van der Waals surface area contributed by atoms with Crippen molar-refractivity contribution in [3.05, 3.63) is 0 Å². The molecule has 84 valence electrons. The fraction of sp³-hybridized carbons (Fsp3) is 0.917. The summed E-state index contributed by atoms with van der Waals surface area (Å²) in [6.07, 6.45) is 2.06. The number of ether oxygens (including phenoxy) is 2. The van der Waals surface area contributed by atoms with Crippen LogP contribution in [0, 0.1) is 17.3 Å². The Balaban J connectivity index is 2.03. The lowest BCUT2D eigenvalue weighted by Crippen LogP contribution is -2.45. The topological polar surface area (TPSA) is 35.5 Å². The summed E-state index contributed by atoms with van der Waals surface area (Å²) in [6, 6.07) is 0. The van der Waals surface area contributed by atoms with Gasteiger partial charge in [0.05, 0.1) is 0 Å². The van der Waals surface area contributed by atoms with Gasteiger partial charge in [0.2, 0.25) is 0 Å². The van der Waals surface area contributed by atoms with Crippen molar-refractivity contribution in [2.75, 3.05) is 6.61 Å². The third-order valence-corrected chi connectivity index (χ3v) is 4.93. The SMILES string of the molecule is CCOC12CC3(C)CC1C(OC2=O)C3C. The highest BCUT2D eigenvalue weighted by Crippen LogP contribution is 2.66. The van der Waals surface area contributed by atoms with Crippen molar-refractivity contribution >= 4 is 5.97 Å². The van der Waals surface area contributed by atoms with Crippen LogP contribution in [-0.4, -0.2) is 24.3 Å². The zero-order valence-corrected chi connectivity index (χ0v) is 9.58. The van der Waals surface area contributed by atoms with E-state index >= 15 is 0 Å². The second-order valence-corrected chi connectivity index (χ2v) is 5.62. The van der Waals surface area contributed by atoms with Crippen LogP contribution >= 0.6 is 0 Å². The number of fused-ring (bicyclic) bond motifs is 1. The van der Waals surface area contributed by atoms with Gasteiger partial charge in [-0.05, 0) is 31.1 Å². The number of hydrogen-bond acceptors (Lipinski definition) is 3. The minimum atomic E-state index is -0.583. The fourth-order valence-corrected chi connectivity index (χ4v) is 4.05. The number of rotatable bonds is 2. The highest BCUT2D eigenvalue weighted by Gasteiger charge is 2.74.